The number of thiophene rings is 1. The molecule has 0 saturated carbocycles. The van der Waals surface area contributed by atoms with Crippen LogP contribution in [-0.2, 0) is 6.54 Å². The Balaban J connectivity index is 1.96. The molecule has 2 N–H and O–H groups in total. The van der Waals surface area contributed by atoms with Crippen LogP contribution in [-0.4, -0.2) is 12.2 Å². The van der Waals surface area contributed by atoms with Crippen molar-refractivity contribution in [3.05, 3.63) is 46.2 Å². The van der Waals surface area contributed by atoms with Gasteiger partial charge in [0.05, 0.1) is 7.11 Å². The third kappa shape index (κ3) is 3.03. The quantitative estimate of drug-likeness (QED) is 0.869. The highest BCUT2D eigenvalue weighted by Gasteiger charge is 2.07. The van der Waals surface area contributed by atoms with Gasteiger partial charge in [-0.2, -0.15) is 0 Å². The number of hydrogen-bond donors (Lipinski definition) is 2. The summed E-state index contributed by atoms with van der Waals surface area (Å²) in [6, 6.07) is 9.95. The average molecular weight is 263 g/mol. The first kappa shape index (κ1) is 12.9. The van der Waals surface area contributed by atoms with Crippen LogP contribution in [0.25, 0.3) is 0 Å². The minimum Gasteiger partial charge on any atom is -0.504 e. The van der Waals surface area contributed by atoms with Crippen molar-refractivity contribution in [3.63, 3.8) is 0 Å². The lowest BCUT2D eigenvalue weighted by molar-refractivity contribution is 0.373. The summed E-state index contributed by atoms with van der Waals surface area (Å²) < 4.78 is 5.02. The minimum atomic E-state index is 0.181. The zero-order valence-electron chi connectivity index (χ0n) is 10.5. The summed E-state index contributed by atoms with van der Waals surface area (Å²) in [5.74, 6) is 0.686. The minimum absolute atomic E-state index is 0.181. The standard InChI is InChI=1S/C14H17NO2S/c1-10(14-4-3-7-18-14)15-9-11-5-6-13(17-2)12(16)8-11/h3-8,10,15-16H,9H2,1-2H3/t10-/m0/s1. The first-order valence-electron chi connectivity index (χ1n) is 5.83. The molecular formula is C14H17NO2S. The van der Waals surface area contributed by atoms with Crippen molar-refractivity contribution in [1.82, 2.24) is 5.32 Å². The van der Waals surface area contributed by atoms with Gasteiger partial charge in [0.15, 0.2) is 11.5 Å². The molecule has 1 heterocycles. The third-order valence-electron chi connectivity index (χ3n) is 2.83. The molecule has 0 saturated heterocycles. The second kappa shape index (κ2) is 5.89. The van der Waals surface area contributed by atoms with Crippen LogP contribution < -0.4 is 10.1 Å². The maximum atomic E-state index is 9.69. The van der Waals surface area contributed by atoms with Gasteiger partial charge in [0, 0.05) is 17.5 Å². The van der Waals surface area contributed by atoms with E-state index in [1.165, 1.54) is 4.88 Å². The first-order chi connectivity index (χ1) is 8.70. The van der Waals surface area contributed by atoms with Gasteiger partial charge in [-0.15, -0.1) is 11.3 Å². The van der Waals surface area contributed by atoms with E-state index in [0.29, 0.717) is 11.8 Å². The largest absolute Gasteiger partial charge is 0.504 e. The lowest BCUT2D eigenvalue weighted by Crippen LogP contribution is -2.17. The Labute approximate surface area is 111 Å². The number of methoxy groups -OCH3 is 1. The summed E-state index contributed by atoms with van der Waals surface area (Å²) >= 11 is 1.74. The van der Waals surface area contributed by atoms with E-state index in [4.69, 9.17) is 4.74 Å². The zero-order chi connectivity index (χ0) is 13.0. The molecule has 1 aromatic carbocycles. The van der Waals surface area contributed by atoms with Crippen molar-refractivity contribution in [2.75, 3.05) is 7.11 Å². The van der Waals surface area contributed by atoms with E-state index in [1.54, 1.807) is 30.6 Å². The van der Waals surface area contributed by atoms with E-state index in [2.05, 4.69) is 29.8 Å². The normalized spacial score (nSPS) is 12.3. The van der Waals surface area contributed by atoms with Crippen molar-refractivity contribution < 1.29 is 9.84 Å². The number of phenols is 1. The van der Waals surface area contributed by atoms with Crippen LogP contribution in [0.1, 0.15) is 23.4 Å². The monoisotopic (exact) mass is 263 g/mol. The highest BCUT2D eigenvalue weighted by Crippen LogP contribution is 2.26. The summed E-state index contributed by atoms with van der Waals surface area (Å²) in [5.41, 5.74) is 1.04. The Bertz CT molecular complexity index is 497. The maximum absolute atomic E-state index is 9.69. The molecule has 0 aliphatic rings. The summed E-state index contributed by atoms with van der Waals surface area (Å²) in [6.45, 7) is 2.85. The molecular weight excluding hydrogens is 246 g/mol. The molecule has 2 rings (SSSR count). The van der Waals surface area contributed by atoms with Crippen molar-refractivity contribution in [3.8, 4) is 11.5 Å². The molecule has 0 radical (unpaired) electrons. The molecule has 18 heavy (non-hydrogen) atoms. The first-order valence-corrected chi connectivity index (χ1v) is 6.71. The lowest BCUT2D eigenvalue weighted by atomic mass is 10.2. The van der Waals surface area contributed by atoms with Gasteiger partial charge >= 0.3 is 0 Å². The fourth-order valence-electron chi connectivity index (χ4n) is 1.75. The van der Waals surface area contributed by atoms with Crippen molar-refractivity contribution in [1.29, 1.82) is 0 Å². The van der Waals surface area contributed by atoms with Gasteiger partial charge < -0.3 is 15.2 Å². The van der Waals surface area contributed by atoms with Crippen LogP contribution in [0.4, 0.5) is 0 Å². The van der Waals surface area contributed by atoms with Crippen LogP contribution in [0, 0.1) is 0 Å². The molecule has 0 amide bonds. The van der Waals surface area contributed by atoms with Crippen LogP contribution in [0.3, 0.4) is 0 Å². The van der Waals surface area contributed by atoms with Gasteiger partial charge in [-0.05, 0) is 36.1 Å². The molecule has 0 aliphatic carbocycles. The maximum Gasteiger partial charge on any atom is 0.160 e. The van der Waals surface area contributed by atoms with E-state index in [9.17, 15) is 5.11 Å². The highest BCUT2D eigenvalue weighted by atomic mass is 32.1. The molecule has 0 unspecified atom stereocenters. The van der Waals surface area contributed by atoms with Gasteiger partial charge in [0.25, 0.3) is 0 Å². The Morgan fingerprint density at radius 3 is 2.83 bits per heavy atom. The summed E-state index contributed by atoms with van der Waals surface area (Å²) in [6.07, 6.45) is 0. The Hall–Kier alpha value is -1.52. The fourth-order valence-corrected chi connectivity index (χ4v) is 2.51. The van der Waals surface area contributed by atoms with E-state index in [1.807, 2.05) is 6.07 Å². The second-order valence-electron chi connectivity index (χ2n) is 4.12. The van der Waals surface area contributed by atoms with Crippen LogP contribution in [0.15, 0.2) is 35.7 Å². The number of aromatic hydroxyl groups is 1. The Morgan fingerprint density at radius 1 is 1.39 bits per heavy atom. The molecule has 0 aliphatic heterocycles. The van der Waals surface area contributed by atoms with Gasteiger partial charge in [-0.3, -0.25) is 0 Å². The lowest BCUT2D eigenvalue weighted by Gasteiger charge is -2.12. The van der Waals surface area contributed by atoms with E-state index >= 15 is 0 Å². The topological polar surface area (TPSA) is 41.5 Å². The van der Waals surface area contributed by atoms with Crippen LogP contribution in [0.2, 0.25) is 0 Å². The molecule has 0 fully saturated rings. The smallest absolute Gasteiger partial charge is 0.160 e. The Morgan fingerprint density at radius 2 is 2.22 bits per heavy atom. The molecule has 0 spiro atoms. The van der Waals surface area contributed by atoms with Gasteiger partial charge in [0.1, 0.15) is 0 Å². The van der Waals surface area contributed by atoms with Gasteiger partial charge in [0.2, 0.25) is 0 Å². The molecule has 1 atom stereocenters. The molecule has 1 aromatic heterocycles. The van der Waals surface area contributed by atoms with Crippen molar-refractivity contribution in [2.45, 2.75) is 19.5 Å². The van der Waals surface area contributed by atoms with E-state index < -0.39 is 0 Å². The summed E-state index contributed by atoms with van der Waals surface area (Å²) in [5, 5.41) is 15.2. The predicted molar refractivity (Wildman–Crippen MR) is 74.2 cm³/mol. The molecule has 2 aromatic rings. The van der Waals surface area contributed by atoms with Gasteiger partial charge in [-0.1, -0.05) is 12.1 Å². The molecule has 4 heteroatoms. The third-order valence-corrected chi connectivity index (χ3v) is 3.88. The van der Waals surface area contributed by atoms with Crippen molar-refractivity contribution in [2.24, 2.45) is 0 Å². The number of phenolic OH excluding ortho intramolecular Hbond substituents is 1. The van der Waals surface area contributed by atoms with Gasteiger partial charge in [-0.25, -0.2) is 0 Å². The van der Waals surface area contributed by atoms with Crippen LogP contribution in [0.5, 0.6) is 11.5 Å². The fraction of sp³-hybridized carbons (Fsp3) is 0.286. The zero-order valence-corrected chi connectivity index (χ0v) is 11.3. The molecule has 3 nitrogen and oxygen atoms in total. The molecule has 0 bridgehead atoms. The number of ether oxygens (including phenoxy) is 1. The highest BCUT2D eigenvalue weighted by molar-refractivity contribution is 7.10. The summed E-state index contributed by atoms with van der Waals surface area (Å²) in [7, 11) is 1.55. The SMILES string of the molecule is COc1ccc(CN[C@@H](C)c2cccs2)cc1O. The number of rotatable bonds is 5. The average Bonchev–Trinajstić information content (AvgIpc) is 2.90. The van der Waals surface area contributed by atoms with Crippen LogP contribution >= 0.6 is 11.3 Å². The summed E-state index contributed by atoms with van der Waals surface area (Å²) in [4.78, 5) is 1.31. The van der Waals surface area contributed by atoms with E-state index in [0.717, 1.165) is 12.1 Å². The van der Waals surface area contributed by atoms with E-state index in [-0.39, 0.29) is 5.75 Å². The molecule has 96 valence electrons. The Kier molecular flexibility index (Phi) is 4.23. The number of benzene rings is 1. The second-order valence-corrected chi connectivity index (χ2v) is 5.10. The van der Waals surface area contributed by atoms with Crippen molar-refractivity contribution >= 4 is 11.3 Å². The number of hydrogen-bond acceptors (Lipinski definition) is 4. The number of nitrogens with one attached hydrogen (secondary N) is 1. The predicted octanol–water partition coefficient (Wildman–Crippen LogP) is 3.31.